The van der Waals surface area contributed by atoms with Crippen LogP contribution in [0.1, 0.15) is 38.2 Å². The second kappa shape index (κ2) is 7.27. The largest absolute Gasteiger partial charge is 0.444 e. The second-order valence-electron chi connectivity index (χ2n) is 6.10. The van der Waals surface area contributed by atoms with Gasteiger partial charge in [0.2, 0.25) is 0 Å². The van der Waals surface area contributed by atoms with Crippen molar-refractivity contribution in [3.05, 3.63) is 35.4 Å². The van der Waals surface area contributed by atoms with Gasteiger partial charge in [-0.05, 0) is 20.8 Å². The average Bonchev–Trinajstić information content (AvgIpc) is 2.46. The second-order valence-corrected chi connectivity index (χ2v) is 6.10. The van der Waals surface area contributed by atoms with E-state index in [-0.39, 0.29) is 5.56 Å². The molecule has 2 N–H and O–H groups in total. The number of nitrogens with zero attached hydrogens (tertiary/aromatic N) is 1. The van der Waals surface area contributed by atoms with Crippen LogP contribution in [-0.4, -0.2) is 48.1 Å². The standard InChI is InChI=1S/C16H25NO6/c1-15(2,3)23-14(18)17(4)16(19,20)12-9-7-11(8-10-12)13(21-5)22-6/h7-10,13,19-20H,1-6H3. The molecule has 1 aromatic carbocycles. The van der Waals surface area contributed by atoms with Gasteiger partial charge in [-0.25, -0.2) is 4.79 Å². The molecule has 7 heteroatoms. The molecule has 0 radical (unpaired) electrons. The Bertz CT molecular complexity index is 516. The highest BCUT2D eigenvalue weighted by molar-refractivity contribution is 5.68. The van der Waals surface area contributed by atoms with Crippen LogP contribution >= 0.6 is 0 Å². The Morgan fingerprint density at radius 3 is 1.96 bits per heavy atom. The fourth-order valence-electron chi connectivity index (χ4n) is 1.88. The SMILES string of the molecule is COC(OC)c1ccc(C(O)(O)N(C)C(=O)OC(C)(C)C)cc1. The van der Waals surface area contributed by atoms with Crippen molar-refractivity contribution >= 4 is 6.09 Å². The molecule has 0 aromatic heterocycles. The van der Waals surface area contributed by atoms with Gasteiger partial charge in [0, 0.05) is 32.4 Å². The van der Waals surface area contributed by atoms with Crippen LogP contribution in [0, 0.1) is 0 Å². The number of hydrogen-bond acceptors (Lipinski definition) is 6. The first-order valence-corrected chi connectivity index (χ1v) is 7.10. The van der Waals surface area contributed by atoms with Crippen LogP contribution < -0.4 is 0 Å². The summed E-state index contributed by atoms with van der Waals surface area (Å²) in [6.07, 6.45) is -1.40. The first kappa shape index (κ1) is 19.4. The molecule has 130 valence electrons. The molecule has 1 aromatic rings. The summed E-state index contributed by atoms with van der Waals surface area (Å²) in [6, 6.07) is 6.19. The first-order chi connectivity index (χ1) is 10.5. The molecular weight excluding hydrogens is 302 g/mol. The van der Waals surface area contributed by atoms with E-state index >= 15 is 0 Å². The maximum atomic E-state index is 12.0. The summed E-state index contributed by atoms with van der Waals surface area (Å²) in [5.74, 6) is -2.50. The van der Waals surface area contributed by atoms with E-state index in [1.54, 1.807) is 32.9 Å². The van der Waals surface area contributed by atoms with E-state index in [2.05, 4.69) is 0 Å². The Labute approximate surface area is 136 Å². The third-order valence-electron chi connectivity index (χ3n) is 3.13. The molecule has 0 heterocycles. The van der Waals surface area contributed by atoms with Gasteiger partial charge in [0.15, 0.2) is 6.29 Å². The number of aliphatic hydroxyl groups is 2. The van der Waals surface area contributed by atoms with Crippen LogP contribution in [0.15, 0.2) is 24.3 Å². The zero-order valence-electron chi connectivity index (χ0n) is 14.4. The molecule has 0 fully saturated rings. The lowest BCUT2D eigenvalue weighted by molar-refractivity contribution is -0.255. The summed E-state index contributed by atoms with van der Waals surface area (Å²) in [7, 11) is 4.25. The summed E-state index contributed by atoms with van der Waals surface area (Å²) in [5.41, 5.74) is 0.0742. The van der Waals surface area contributed by atoms with Gasteiger partial charge >= 0.3 is 6.09 Å². The molecule has 0 saturated carbocycles. The number of rotatable bonds is 5. The van der Waals surface area contributed by atoms with Gasteiger partial charge in [-0.15, -0.1) is 0 Å². The molecular formula is C16H25NO6. The van der Waals surface area contributed by atoms with Gasteiger partial charge in [-0.1, -0.05) is 24.3 Å². The van der Waals surface area contributed by atoms with Crippen molar-refractivity contribution in [1.82, 2.24) is 4.90 Å². The number of amides is 1. The van der Waals surface area contributed by atoms with Crippen LogP contribution in [-0.2, 0) is 20.1 Å². The van der Waals surface area contributed by atoms with Crippen LogP contribution in [0.25, 0.3) is 0 Å². The Morgan fingerprint density at radius 1 is 1.09 bits per heavy atom. The van der Waals surface area contributed by atoms with Gasteiger partial charge in [0.05, 0.1) is 0 Å². The average molecular weight is 327 g/mol. The van der Waals surface area contributed by atoms with Crippen molar-refractivity contribution in [3.8, 4) is 0 Å². The van der Waals surface area contributed by atoms with E-state index < -0.39 is 23.9 Å². The predicted octanol–water partition coefficient (Wildman–Crippen LogP) is 1.94. The van der Waals surface area contributed by atoms with Crippen LogP contribution in [0.4, 0.5) is 4.79 Å². The van der Waals surface area contributed by atoms with E-state index in [0.29, 0.717) is 5.56 Å². The molecule has 1 rings (SSSR count). The molecule has 7 nitrogen and oxygen atoms in total. The minimum atomic E-state index is -2.50. The summed E-state index contributed by atoms with van der Waals surface area (Å²) < 4.78 is 15.4. The van der Waals surface area contributed by atoms with Crippen LogP contribution in [0.2, 0.25) is 0 Å². The molecule has 0 aliphatic carbocycles. The van der Waals surface area contributed by atoms with Crippen molar-refractivity contribution in [3.63, 3.8) is 0 Å². The number of ether oxygens (including phenoxy) is 3. The van der Waals surface area contributed by atoms with E-state index in [1.165, 1.54) is 33.4 Å². The molecule has 0 bridgehead atoms. The minimum Gasteiger partial charge on any atom is -0.444 e. The third-order valence-corrected chi connectivity index (χ3v) is 3.13. The van der Waals surface area contributed by atoms with E-state index in [0.717, 1.165) is 4.90 Å². The van der Waals surface area contributed by atoms with Gasteiger partial charge in [0.25, 0.3) is 5.91 Å². The van der Waals surface area contributed by atoms with E-state index in [4.69, 9.17) is 14.2 Å². The fraction of sp³-hybridized carbons (Fsp3) is 0.562. The lowest BCUT2D eigenvalue weighted by Gasteiger charge is -2.33. The number of hydrogen-bond donors (Lipinski definition) is 2. The topological polar surface area (TPSA) is 88.5 Å². The monoisotopic (exact) mass is 327 g/mol. The predicted molar refractivity (Wildman–Crippen MR) is 83.3 cm³/mol. The van der Waals surface area contributed by atoms with Crippen LogP contribution in [0.3, 0.4) is 0 Å². The third kappa shape index (κ3) is 4.90. The number of benzene rings is 1. The van der Waals surface area contributed by atoms with Gasteiger partial charge in [-0.2, -0.15) is 0 Å². The highest BCUT2D eigenvalue weighted by Gasteiger charge is 2.37. The maximum absolute atomic E-state index is 12.0. The molecule has 0 saturated heterocycles. The number of carbonyl (C=O) groups excluding carboxylic acids is 1. The fourth-order valence-corrected chi connectivity index (χ4v) is 1.88. The Kier molecular flexibility index (Phi) is 6.12. The van der Waals surface area contributed by atoms with Gasteiger partial charge in [-0.3, -0.25) is 4.90 Å². The van der Waals surface area contributed by atoms with Crippen molar-refractivity contribution < 1.29 is 29.2 Å². The molecule has 0 aliphatic rings. The maximum Gasteiger partial charge on any atom is 0.414 e. The highest BCUT2D eigenvalue weighted by Crippen LogP contribution is 2.26. The van der Waals surface area contributed by atoms with E-state index in [1.807, 2.05) is 0 Å². The Hall–Kier alpha value is -1.67. The van der Waals surface area contributed by atoms with Gasteiger partial charge < -0.3 is 24.4 Å². The Morgan fingerprint density at radius 2 is 1.57 bits per heavy atom. The van der Waals surface area contributed by atoms with Crippen molar-refractivity contribution in [2.45, 2.75) is 38.6 Å². The van der Waals surface area contributed by atoms with Crippen molar-refractivity contribution in [2.75, 3.05) is 21.3 Å². The molecule has 0 unspecified atom stereocenters. The lowest BCUT2D eigenvalue weighted by atomic mass is 10.1. The lowest BCUT2D eigenvalue weighted by Crippen LogP contribution is -2.48. The molecule has 0 spiro atoms. The Balaban J connectivity index is 2.97. The molecule has 0 atom stereocenters. The quantitative estimate of drug-likeness (QED) is 0.804. The number of carbonyl (C=O) groups is 1. The molecule has 1 amide bonds. The van der Waals surface area contributed by atoms with Crippen LogP contribution in [0.5, 0.6) is 0 Å². The van der Waals surface area contributed by atoms with E-state index in [9.17, 15) is 15.0 Å². The summed E-state index contributed by atoms with van der Waals surface area (Å²) >= 11 is 0. The minimum absolute atomic E-state index is 0.112. The normalized spacial score (nSPS) is 12.4. The zero-order chi connectivity index (χ0) is 17.8. The van der Waals surface area contributed by atoms with Crippen molar-refractivity contribution in [1.29, 1.82) is 0 Å². The summed E-state index contributed by atoms with van der Waals surface area (Å²) in [5, 5.41) is 20.6. The zero-order valence-corrected chi connectivity index (χ0v) is 14.4. The molecule has 23 heavy (non-hydrogen) atoms. The van der Waals surface area contributed by atoms with Crippen molar-refractivity contribution in [2.24, 2.45) is 0 Å². The smallest absolute Gasteiger partial charge is 0.414 e. The summed E-state index contributed by atoms with van der Waals surface area (Å²) in [6.45, 7) is 5.08. The summed E-state index contributed by atoms with van der Waals surface area (Å²) in [4.78, 5) is 12.7. The molecule has 0 aliphatic heterocycles. The number of methoxy groups -OCH3 is 2. The highest BCUT2D eigenvalue weighted by atomic mass is 16.7. The first-order valence-electron chi connectivity index (χ1n) is 7.10. The van der Waals surface area contributed by atoms with Gasteiger partial charge in [0.1, 0.15) is 5.60 Å².